The second kappa shape index (κ2) is 6.11. The van der Waals surface area contributed by atoms with Crippen LogP contribution in [-0.2, 0) is 6.42 Å². The number of rotatable bonds is 4. The number of nitrogens with zero attached hydrogens (tertiary/aromatic N) is 3. The predicted octanol–water partition coefficient (Wildman–Crippen LogP) is 2.63. The van der Waals surface area contributed by atoms with Crippen molar-refractivity contribution in [3.8, 4) is 0 Å². The largest absolute Gasteiger partial charge is 0.459 e. The summed E-state index contributed by atoms with van der Waals surface area (Å²) in [6, 6.07) is 3.42. The van der Waals surface area contributed by atoms with Gasteiger partial charge < -0.3 is 13.8 Å². The van der Waals surface area contributed by atoms with Crippen LogP contribution in [0.15, 0.2) is 27.3 Å². The number of carbonyl (C=O) groups is 1. The molecule has 112 valence electrons. The third-order valence-corrected chi connectivity index (χ3v) is 3.75. The SMILES string of the molecule is CCCc1noc([C@@H]2CCCN(C(=O)c3ccco3)C2)n1. The normalized spacial score (nSPS) is 18.9. The fourth-order valence-electron chi connectivity index (χ4n) is 2.68. The lowest BCUT2D eigenvalue weighted by Crippen LogP contribution is -2.39. The molecule has 0 spiro atoms. The zero-order valence-electron chi connectivity index (χ0n) is 12.1. The molecule has 0 saturated carbocycles. The topological polar surface area (TPSA) is 72.4 Å². The minimum absolute atomic E-state index is 0.0713. The molecule has 0 aliphatic carbocycles. The Morgan fingerprint density at radius 3 is 3.19 bits per heavy atom. The van der Waals surface area contributed by atoms with Gasteiger partial charge >= 0.3 is 0 Å². The highest BCUT2D eigenvalue weighted by atomic mass is 16.5. The molecule has 1 aliphatic heterocycles. The van der Waals surface area contributed by atoms with Crippen LogP contribution in [0.3, 0.4) is 0 Å². The molecule has 2 aromatic heterocycles. The molecule has 0 radical (unpaired) electrons. The number of carbonyl (C=O) groups excluding carboxylic acids is 1. The highest BCUT2D eigenvalue weighted by Gasteiger charge is 2.29. The smallest absolute Gasteiger partial charge is 0.289 e. The maximum absolute atomic E-state index is 12.3. The van der Waals surface area contributed by atoms with E-state index in [-0.39, 0.29) is 11.8 Å². The van der Waals surface area contributed by atoms with Gasteiger partial charge in [-0.2, -0.15) is 4.98 Å². The second-order valence-electron chi connectivity index (χ2n) is 5.37. The van der Waals surface area contributed by atoms with Crippen molar-refractivity contribution in [3.63, 3.8) is 0 Å². The van der Waals surface area contributed by atoms with Crippen molar-refractivity contribution in [3.05, 3.63) is 35.9 Å². The quantitative estimate of drug-likeness (QED) is 0.865. The van der Waals surface area contributed by atoms with E-state index >= 15 is 0 Å². The first kappa shape index (κ1) is 13.9. The van der Waals surface area contributed by atoms with E-state index in [4.69, 9.17) is 8.94 Å². The summed E-state index contributed by atoms with van der Waals surface area (Å²) in [5, 5.41) is 3.99. The number of piperidine rings is 1. The van der Waals surface area contributed by atoms with Gasteiger partial charge in [0.05, 0.1) is 12.2 Å². The van der Waals surface area contributed by atoms with Crippen LogP contribution in [0.1, 0.15) is 54.4 Å². The molecular formula is C15H19N3O3. The zero-order chi connectivity index (χ0) is 14.7. The van der Waals surface area contributed by atoms with Crippen molar-refractivity contribution in [2.45, 2.75) is 38.5 Å². The zero-order valence-corrected chi connectivity index (χ0v) is 12.1. The Labute approximate surface area is 123 Å². The first-order valence-corrected chi connectivity index (χ1v) is 7.43. The van der Waals surface area contributed by atoms with E-state index in [9.17, 15) is 4.79 Å². The van der Waals surface area contributed by atoms with Crippen LogP contribution in [0.25, 0.3) is 0 Å². The van der Waals surface area contributed by atoms with Crippen molar-refractivity contribution in [1.29, 1.82) is 0 Å². The van der Waals surface area contributed by atoms with Gasteiger partial charge in [0.2, 0.25) is 5.89 Å². The van der Waals surface area contributed by atoms with Crippen LogP contribution in [0.2, 0.25) is 0 Å². The number of aryl methyl sites for hydroxylation is 1. The lowest BCUT2D eigenvalue weighted by atomic mass is 9.98. The summed E-state index contributed by atoms with van der Waals surface area (Å²) in [4.78, 5) is 18.6. The van der Waals surface area contributed by atoms with Crippen molar-refractivity contribution < 1.29 is 13.7 Å². The Morgan fingerprint density at radius 1 is 1.52 bits per heavy atom. The fraction of sp³-hybridized carbons (Fsp3) is 0.533. The maximum Gasteiger partial charge on any atom is 0.289 e. The highest BCUT2D eigenvalue weighted by Crippen LogP contribution is 2.26. The lowest BCUT2D eigenvalue weighted by molar-refractivity contribution is 0.0663. The number of hydrogen-bond acceptors (Lipinski definition) is 5. The van der Waals surface area contributed by atoms with E-state index < -0.39 is 0 Å². The summed E-state index contributed by atoms with van der Waals surface area (Å²) in [6.45, 7) is 3.43. The third kappa shape index (κ3) is 2.99. The van der Waals surface area contributed by atoms with E-state index in [1.807, 2.05) is 0 Å². The molecule has 2 aromatic rings. The monoisotopic (exact) mass is 289 g/mol. The molecule has 0 N–H and O–H groups in total. The van der Waals surface area contributed by atoms with E-state index in [0.717, 1.165) is 38.1 Å². The van der Waals surface area contributed by atoms with E-state index in [1.165, 1.54) is 6.26 Å². The van der Waals surface area contributed by atoms with Crippen molar-refractivity contribution in [1.82, 2.24) is 15.0 Å². The van der Waals surface area contributed by atoms with Crippen LogP contribution in [0, 0.1) is 0 Å². The van der Waals surface area contributed by atoms with Gasteiger partial charge in [-0.1, -0.05) is 12.1 Å². The molecule has 0 unspecified atom stereocenters. The lowest BCUT2D eigenvalue weighted by Gasteiger charge is -2.30. The van der Waals surface area contributed by atoms with Crippen LogP contribution in [-0.4, -0.2) is 34.0 Å². The minimum atomic E-state index is -0.0713. The molecule has 1 saturated heterocycles. The number of likely N-dealkylation sites (tertiary alicyclic amines) is 1. The molecule has 21 heavy (non-hydrogen) atoms. The first-order valence-electron chi connectivity index (χ1n) is 7.43. The number of aromatic nitrogens is 2. The molecule has 1 fully saturated rings. The average Bonchev–Trinajstić information content (AvgIpc) is 3.18. The van der Waals surface area contributed by atoms with Crippen LogP contribution in [0.5, 0.6) is 0 Å². The van der Waals surface area contributed by atoms with E-state index in [0.29, 0.717) is 18.2 Å². The van der Waals surface area contributed by atoms with Gasteiger partial charge in [-0.05, 0) is 31.4 Å². The van der Waals surface area contributed by atoms with Crippen LogP contribution < -0.4 is 0 Å². The molecule has 3 heterocycles. The van der Waals surface area contributed by atoms with Gasteiger partial charge in [0.25, 0.3) is 5.91 Å². The van der Waals surface area contributed by atoms with Gasteiger partial charge in [0.1, 0.15) is 0 Å². The third-order valence-electron chi connectivity index (χ3n) is 3.75. The Bertz CT molecular complexity index is 591. The number of hydrogen-bond donors (Lipinski definition) is 0. The Kier molecular flexibility index (Phi) is 4.03. The van der Waals surface area contributed by atoms with Crippen LogP contribution >= 0.6 is 0 Å². The summed E-state index contributed by atoms with van der Waals surface area (Å²) in [7, 11) is 0. The van der Waals surface area contributed by atoms with Crippen LogP contribution in [0.4, 0.5) is 0 Å². The molecule has 6 heteroatoms. The summed E-state index contributed by atoms with van der Waals surface area (Å²) in [5.41, 5.74) is 0. The van der Waals surface area contributed by atoms with E-state index in [2.05, 4.69) is 17.1 Å². The Hall–Kier alpha value is -2.11. The molecular weight excluding hydrogens is 270 g/mol. The van der Waals surface area contributed by atoms with Crippen molar-refractivity contribution >= 4 is 5.91 Å². The molecule has 1 atom stereocenters. The Balaban J connectivity index is 1.69. The number of amides is 1. The van der Waals surface area contributed by atoms with Gasteiger partial charge in [-0.25, -0.2) is 0 Å². The summed E-state index contributed by atoms with van der Waals surface area (Å²) >= 11 is 0. The van der Waals surface area contributed by atoms with Gasteiger partial charge in [-0.3, -0.25) is 4.79 Å². The molecule has 0 bridgehead atoms. The molecule has 0 aromatic carbocycles. The Morgan fingerprint density at radius 2 is 2.43 bits per heavy atom. The average molecular weight is 289 g/mol. The van der Waals surface area contributed by atoms with Gasteiger partial charge in [0, 0.05) is 19.5 Å². The van der Waals surface area contributed by atoms with Crippen molar-refractivity contribution in [2.75, 3.05) is 13.1 Å². The van der Waals surface area contributed by atoms with Crippen molar-refractivity contribution in [2.24, 2.45) is 0 Å². The standard InChI is InChI=1S/C15H19N3O3/c1-2-5-13-16-14(21-17-13)11-6-3-8-18(10-11)15(19)12-7-4-9-20-12/h4,7,9,11H,2-3,5-6,8,10H2,1H3/t11-/m1/s1. The fourth-order valence-corrected chi connectivity index (χ4v) is 2.68. The second-order valence-corrected chi connectivity index (χ2v) is 5.37. The van der Waals surface area contributed by atoms with Gasteiger partial charge in [-0.15, -0.1) is 0 Å². The highest BCUT2D eigenvalue weighted by molar-refractivity contribution is 5.91. The summed E-state index contributed by atoms with van der Waals surface area (Å²) < 4.78 is 10.5. The maximum atomic E-state index is 12.3. The minimum Gasteiger partial charge on any atom is -0.459 e. The predicted molar refractivity (Wildman–Crippen MR) is 74.9 cm³/mol. The number of furan rings is 1. The molecule has 6 nitrogen and oxygen atoms in total. The molecule has 3 rings (SSSR count). The summed E-state index contributed by atoms with van der Waals surface area (Å²) in [6.07, 6.45) is 5.24. The summed E-state index contributed by atoms with van der Waals surface area (Å²) in [5.74, 6) is 1.83. The van der Waals surface area contributed by atoms with E-state index in [1.54, 1.807) is 17.0 Å². The molecule has 1 aliphatic rings. The van der Waals surface area contributed by atoms with Gasteiger partial charge in [0.15, 0.2) is 11.6 Å². The first-order chi connectivity index (χ1) is 10.3. The molecule has 1 amide bonds.